The van der Waals surface area contributed by atoms with Gasteiger partial charge in [-0.3, -0.25) is 14.7 Å². The summed E-state index contributed by atoms with van der Waals surface area (Å²) in [5, 5.41) is 9.38. The van der Waals surface area contributed by atoms with Gasteiger partial charge in [-0.05, 0) is 41.5 Å². The van der Waals surface area contributed by atoms with Crippen LogP contribution in [0.15, 0.2) is 70.8 Å². The normalized spacial score (nSPS) is 20.1. The lowest BCUT2D eigenvalue weighted by Crippen LogP contribution is -2.41. The molecule has 6 nitrogen and oxygen atoms in total. The summed E-state index contributed by atoms with van der Waals surface area (Å²) in [6.07, 6.45) is 2.56. The number of aliphatic imine (C=N–C) groups is 1. The van der Waals surface area contributed by atoms with Gasteiger partial charge in [-0.2, -0.15) is 5.26 Å². The van der Waals surface area contributed by atoms with E-state index in [4.69, 9.17) is 5.73 Å². The highest BCUT2D eigenvalue weighted by molar-refractivity contribution is 8.45. The summed E-state index contributed by atoms with van der Waals surface area (Å²) in [4.78, 5) is 20.2. The third kappa shape index (κ3) is 3.95. The van der Waals surface area contributed by atoms with Gasteiger partial charge in [-0.25, -0.2) is 9.38 Å². The van der Waals surface area contributed by atoms with Crippen LogP contribution in [0.1, 0.15) is 16.7 Å². The van der Waals surface area contributed by atoms with Crippen molar-refractivity contribution < 1.29 is 28.6 Å². The SMILES string of the molecule is CN1C(=O)C(c2ccc(S(F)(F)(F)(F)F)cc2)(c2ccc(F)c(-c3cnccc3C#N)c2)N=C1N. The zero-order valence-corrected chi connectivity index (χ0v) is 18.5. The van der Waals surface area contributed by atoms with Crippen molar-refractivity contribution in [2.75, 3.05) is 7.05 Å². The Balaban J connectivity index is 1.98. The predicted octanol–water partition coefficient (Wildman–Crippen LogP) is 5.45. The van der Waals surface area contributed by atoms with Crippen LogP contribution in [0.4, 0.5) is 23.8 Å². The van der Waals surface area contributed by atoms with Gasteiger partial charge in [0, 0.05) is 30.6 Å². The summed E-state index contributed by atoms with van der Waals surface area (Å²) in [5.74, 6) is -1.88. The average Bonchev–Trinajstić information content (AvgIpc) is 3.03. The topological polar surface area (TPSA) is 95.4 Å². The molecule has 1 aliphatic heterocycles. The first-order valence-corrected chi connectivity index (χ1v) is 11.7. The highest BCUT2D eigenvalue weighted by atomic mass is 32.5. The molecule has 2 N–H and O–H groups in total. The Morgan fingerprint density at radius 2 is 1.63 bits per heavy atom. The fourth-order valence-corrected chi connectivity index (χ4v) is 4.45. The number of aromatic nitrogens is 1. The van der Waals surface area contributed by atoms with Crippen molar-refractivity contribution in [1.82, 2.24) is 9.88 Å². The molecule has 0 spiro atoms. The van der Waals surface area contributed by atoms with Crippen molar-refractivity contribution in [3.63, 3.8) is 0 Å². The number of benzene rings is 2. The number of hydrogen-bond donors (Lipinski definition) is 1. The molecular formula is C22H15F6N5OS. The van der Waals surface area contributed by atoms with E-state index in [2.05, 4.69) is 9.98 Å². The Morgan fingerprint density at radius 1 is 1.00 bits per heavy atom. The largest absolute Gasteiger partial charge is 0.369 e. The summed E-state index contributed by atoms with van der Waals surface area (Å²) in [7, 11) is -8.71. The van der Waals surface area contributed by atoms with Crippen LogP contribution in [-0.2, 0) is 10.3 Å². The Labute approximate surface area is 195 Å². The zero-order valence-electron chi connectivity index (χ0n) is 17.7. The first-order valence-electron chi connectivity index (χ1n) is 9.71. The van der Waals surface area contributed by atoms with Crippen LogP contribution in [0, 0.1) is 17.1 Å². The minimum Gasteiger partial charge on any atom is -0.369 e. The molecule has 2 aromatic carbocycles. The van der Waals surface area contributed by atoms with E-state index in [0.717, 1.165) is 11.0 Å². The van der Waals surface area contributed by atoms with Crippen molar-refractivity contribution >= 4 is 22.1 Å². The van der Waals surface area contributed by atoms with E-state index in [0.29, 0.717) is 12.1 Å². The molecule has 1 aliphatic rings. The van der Waals surface area contributed by atoms with Crippen LogP contribution >= 0.6 is 10.2 Å². The summed E-state index contributed by atoms with van der Waals surface area (Å²) >= 11 is 0. The van der Waals surface area contributed by atoms with Crippen LogP contribution < -0.4 is 5.73 Å². The summed E-state index contributed by atoms with van der Waals surface area (Å²) in [6, 6.07) is 8.33. The van der Waals surface area contributed by atoms with E-state index < -0.39 is 32.4 Å². The van der Waals surface area contributed by atoms with Gasteiger partial charge < -0.3 is 5.73 Å². The van der Waals surface area contributed by atoms with Gasteiger partial charge in [0.25, 0.3) is 5.91 Å². The number of nitriles is 1. The van der Waals surface area contributed by atoms with Crippen LogP contribution in [-0.4, -0.2) is 28.8 Å². The van der Waals surface area contributed by atoms with Gasteiger partial charge in [0.05, 0.1) is 11.6 Å². The second-order valence-electron chi connectivity index (χ2n) is 7.77. The Kier molecular flexibility index (Phi) is 4.81. The number of pyridine rings is 1. The van der Waals surface area contributed by atoms with Gasteiger partial charge in [0.1, 0.15) is 10.7 Å². The maximum Gasteiger partial charge on any atom is 0.310 e. The molecule has 0 saturated heterocycles. The number of nitrogens with two attached hydrogens (primary N) is 1. The Bertz CT molecular complexity index is 1450. The molecule has 1 atom stereocenters. The molecule has 0 fully saturated rings. The molecule has 0 radical (unpaired) electrons. The Morgan fingerprint density at radius 3 is 2.17 bits per heavy atom. The van der Waals surface area contributed by atoms with Gasteiger partial charge in [0.2, 0.25) is 0 Å². The standard InChI is InChI=1S/C22H15F6N5OS/c1-33-20(34)22(32-21(33)30,14-2-5-16(6-3-14)35(24,25,26,27)28)15-4-7-19(23)17(10-15)18-12-31-9-8-13(18)11-29/h2-10,12H,1H3,(H2,30,32). The number of guanidine groups is 1. The molecular weight excluding hydrogens is 496 g/mol. The summed E-state index contributed by atoms with van der Waals surface area (Å²) in [5.41, 5.74) is 3.54. The highest BCUT2D eigenvalue weighted by Crippen LogP contribution is 3.02. The minimum absolute atomic E-state index is 0.0148. The molecule has 0 saturated carbocycles. The van der Waals surface area contributed by atoms with Gasteiger partial charge in [-0.1, -0.05) is 37.6 Å². The van der Waals surface area contributed by atoms with E-state index >= 15 is 0 Å². The lowest BCUT2D eigenvalue weighted by molar-refractivity contribution is -0.129. The zero-order chi connectivity index (χ0) is 25.9. The van der Waals surface area contributed by atoms with E-state index in [-0.39, 0.29) is 45.9 Å². The maximum atomic E-state index is 14.8. The van der Waals surface area contributed by atoms with Crippen LogP contribution in [0.2, 0.25) is 0 Å². The Hall–Kier alpha value is -4.05. The van der Waals surface area contributed by atoms with E-state index in [1.165, 1.54) is 37.6 Å². The number of hydrogen-bond acceptors (Lipinski definition) is 5. The first-order chi connectivity index (χ1) is 16.1. The van der Waals surface area contributed by atoms with Crippen LogP contribution in [0.25, 0.3) is 11.1 Å². The molecule has 182 valence electrons. The lowest BCUT2D eigenvalue weighted by Gasteiger charge is -2.40. The fourth-order valence-electron chi connectivity index (χ4n) is 3.80. The van der Waals surface area contributed by atoms with Gasteiger partial charge in [-0.15, -0.1) is 0 Å². The first kappa shape index (κ1) is 24.1. The maximum absolute atomic E-state index is 14.8. The molecule has 13 heteroatoms. The highest BCUT2D eigenvalue weighted by Gasteiger charge is 2.65. The number of carbonyl (C=O) groups excluding carboxylic acids is 1. The molecule has 0 bridgehead atoms. The van der Waals surface area contributed by atoms with Crippen molar-refractivity contribution in [3.8, 4) is 17.2 Å². The second kappa shape index (κ2) is 6.98. The number of nitrogens with zero attached hydrogens (tertiary/aromatic N) is 4. The van der Waals surface area contributed by atoms with Crippen LogP contribution in [0.5, 0.6) is 0 Å². The molecule has 3 aromatic rings. The molecule has 35 heavy (non-hydrogen) atoms. The van der Waals surface area contributed by atoms with Gasteiger partial charge in [0.15, 0.2) is 11.5 Å². The number of carbonyl (C=O) groups is 1. The monoisotopic (exact) mass is 511 g/mol. The predicted molar refractivity (Wildman–Crippen MR) is 117 cm³/mol. The van der Waals surface area contributed by atoms with Crippen molar-refractivity contribution in [2.24, 2.45) is 10.7 Å². The smallest absolute Gasteiger partial charge is 0.310 e. The van der Waals surface area contributed by atoms with E-state index in [1.54, 1.807) is 0 Å². The summed E-state index contributed by atoms with van der Waals surface area (Å²) < 4.78 is 81.0. The lowest BCUT2D eigenvalue weighted by atomic mass is 9.81. The minimum atomic E-state index is -9.98. The third-order valence-corrected chi connectivity index (χ3v) is 6.74. The number of rotatable bonds is 4. The molecule has 1 aromatic heterocycles. The molecule has 2 heterocycles. The van der Waals surface area contributed by atoms with Crippen molar-refractivity contribution in [3.05, 3.63) is 83.4 Å². The fraction of sp³-hybridized carbons (Fsp3) is 0.0909. The van der Waals surface area contributed by atoms with Crippen LogP contribution in [0.3, 0.4) is 0 Å². The van der Waals surface area contributed by atoms with E-state index in [1.807, 2.05) is 6.07 Å². The molecule has 1 unspecified atom stereocenters. The van der Waals surface area contributed by atoms with Crippen molar-refractivity contribution in [2.45, 2.75) is 10.4 Å². The van der Waals surface area contributed by atoms with Gasteiger partial charge >= 0.3 is 10.2 Å². The second-order valence-corrected chi connectivity index (χ2v) is 10.2. The quantitative estimate of drug-likeness (QED) is 0.472. The van der Waals surface area contributed by atoms with E-state index in [9.17, 15) is 33.9 Å². The molecule has 0 aliphatic carbocycles. The number of likely N-dealkylation sites (N-methyl/N-ethyl adjacent to an activating group) is 1. The molecule has 1 amide bonds. The molecule has 4 rings (SSSR count). The average molecular weight is 511 g/mol. The van der Waals surface area contributed by atoms with Crippen molar-refractivity contribution in [1.29, 1.82) is 5.26 Å². The third-order valence-electron chi connectivity index (χ3n) is 5.57. The number of amides is 1. The summed E-state index contributed by atoms with van der Waals surface area (Å²) in [6.45, 7) is 0. The number of halogens is 6.